The van der Waals surface area contributed by atoms with E-state index in [-0.39, 0.29) is 24.6 Å². The molecule has 24 heavy (non-hydrogen) atoms. The Kier molecular flexibility index (Phi) is 4.68. The molecule has 126 valence electrons. The van der Waals surface area contributed by atoms with Gasteiger partial charge in [-0.15, -0.1) is 0 Å². The summed E-state index contributed by atoms with van der Waals surface area (Å²) in [7, 11) is 0. The maximum atomic E-state index is 11.7. The molecule has 1 amide bonds. The zero-order valence-electron chi connectivity index (χ0n) is 13.3. The smallest absolute Gasteiger partial charge is 0.324 e. The van der Waals surface area contributed by atoms with Crippen LogP contribution in [0.2, 0.25) is 0 Å². The summed E-state index contributed by atoms with van der Waals surface area (Å²) in [5.74, 6) is -1.51. The van der Waals surface area contributed by atoms with Gasteiger partial charge in [0.05, 0.1) is 11.3 Å². The van der Waals surface area contributed by atoms with Crippen molar-refractivity contribution in [1.29, 1.82) is 0 Å². The highest BCUT2D eigenvalue weighted by atomic mass is 16.6. The van der Waals surface area contributed by atoms with Crippen molar-refractivity contribution in [2.24, 2.45) is 0 Å². The van der Waals surface area contributed by atoms with Crippen LogP contribution in [-0.4, -0.2) is 26.9 Å². The zero-order chi connectivity index (χ0) is 18.0. The molecule has 1 aliphatic rings. The number of hydrogen-bond acceptors (Lipinski definition) is 4. The van der Waals surface area contributed by atoms with E-state index in [1.165, 1.54) is 6.08 Å². The van der Waals surface area contributed by atoms with Crippen LogP contribution in [-0.2, 0) is 16.0 Å². The maximum absolute atomic E-state index is 11.7. The molecule has 0 saturated carbocycles. The van der Waals surface area contributed by atoms with E-state index in [2.05, 4.69) is 16.9 Å². The first-order valence-corrected chi connectivity index (χ1v) is 7.20. The van der Waals surface area contributed by atoms with Crippen molar-refractivity contribution in [3.05, 3.63) is 56.4 Å². The van der Waals surface area contributed by atoms with Crippen LogP contribution in [0, 0.1) is 17.0 Å². The number of nitrogens with one attached hydrogen (secondary N) is 2. The molecule has 3 N–H and O–H groups in total. The average molecular weight is 331 g/mol. The van der Waals surface area contributed by atoms with Crippen molar-refractivity contribution in [3.63, 3.8) is 0 Å². The van der Waals surface area contributed by atoms with Gasteiger partial charge in [-0.2, -0.15) is 0 Å². The molecule has 1 aliphatic heterocycles. The molecule has 0 saturated heterocycles. The number of carbonyl (C=O) groups is 2. The van der Waals surface area contributed by atoms with Gasteiger partial charge in [0.1, 0.15) is 5.69 Å². The molecule has 0 aliphatic carbocycles. The summed E-state index contributed by atoms with van der Waals surface area (Å²) < 4.78 is 0. The van der Waals surface area contributed by atoms with Gasteiger partial charge in [0, 0.05) is 29.2 Å². The van der Waals surface area contributed by atoms with E-state index in [1.54, 1.807) is 19.9 Å². The van der Waals surface area contributed by atoms with E-state index < -0.39 is 10.9 Å². The Labute approximate surface area is 137 Å². The first-order chi connectivity index (χ1) is 11.3. The number of allylic oxidation sites excluding steroid dienone is 1. The molecule has 0 radical (unpaired) electrons. The largest absolute Gasteiger partial charge is 0.481 e. The molecular formula is C16H17N3O5. The number of hydrogen-bond donors (Lipinski definition) is 3. The predicted octanol–water partition coefficient (Wildman–Crippen LogP) is 2.22. The van der Waals surface area contributed by atoms with Crippen molar-refractivity contribution in [1.82, 2.24) is 10.3 Å². The lowest BCUT2D eigenvalue weighted by molar-refractivity contribution is -0.389. The average Bonchev–Trinajstić information content (AvgIpc) is 2.95. The van der Waals surface area contributed by atoms with Crippen molar-refractivity contribution in [2.45, 2.75) is 26.7 Å². The van der Waals surface area contributed by atoms with Crippen molar-refractivity contribution < 1.29 is 19.6 Å². The fourth-order valence-electron chi connectivity index (χ4n) is 2.60. The predicted molar refractivity (Wildman–Crippen MR) is 87.2 cm³/mol. The highest BCUT2D eigenvalue weighted by molar-refractivity contribution is 6.01. The van der Waals surface area contributed by atoms with Gasteiger partial charge < -0.3 is 20.5 Å². The van der Waals surface area contributed by atoms with E-state index >= 15 is 0 Å². The Balaban J connectivity index is 2.49. The SMILES string of the molecule is C=CC1=C(C)C(=O)N/C1=C\c1[nH]c([N+](=O)[O-])c(CCC(=O)O)c1C. The van der Waals surface area contributed by atoms with Gasteiger partial charge >= 0.3 is 11.8 Å². The number of aromatic amines is 1. The molecule has 0 unspecified atom stereocenters. The summed E-state index contributed by atoms with van der Waals surface area (Å²) in [6, 6.07) is 0. The fourth-order valence-corrected chi connectivity index (χ4v) is 2.60. The Bertz CT molecular complexity index is 814. The number of nitro groups is 1. The van der Waals surface area contributed by atoms with Crippen LogP contribution in [0.5, 0.6) is 0 Å². The number of carboxylic acid groups (broad SMARTS) is 1. The van der Waals surface area contributed by atoms with Gasteiger partial charge in [0.25, 0.3) is 5.91 Å². The topological polar surface area (TPSA) is 125 Å². The summed E-state index contributed by atoms with van der Waals surface area (Å²) in [4.78, 5) is 35.8. The number of rotatable bonds is 6. The highest BCUT2D eigenvalue weighted by Crippen LogP contribution is 2.30. The summed E-state index contributed by atoms with van der Waals surface area (Å²) >= 11 is 0. The van der Waals surface area contributed by atoms with E-state index in [1.807, 2.05) is 0 Å². The van der Waals surface area contributed by atoms with Gasteiger partial charge in [-0.1, -0.05) is 12.7 Å². The van der Waals surface area contributed by atoms with Gasteiger partial charge in [-0.25, -0.2) is 4.98 Å². The molecular weight excluding hydrogens is 314 g/mol. The molecule has 0 bridgehead atoms. The minimum atomic E-state index is -1.03. The van der Waals surface area contributed by atoms with Crippen LogP contribution < -0.4 is 5.32 Å². The second-order valence-electron chi connectivity index (χ2n) is 5.40. The summed E-state index contributed by atoms with van der Waals surface area (Å²) in [5.41, 5.74) is 3.02. The lowest BCUT2D eigenvalue weighted by Crippen LogP contribution is -2.15. The standard InChI is InChI=1S/C16H17N3O5/c1-4-10-9(3)16(22)18-13(10)7-12-8(2)11(5-6-14(20)21)15(17-12)19(23)24/h4,7,17H,1,5-6H2,2-3H3,(H,18,22)(H,20,21)/b13-7-. The molecule has 1 aromatic rings. The number of carbonyl (C=O) groups excluding carboxylic acids is 1. The minimum Gasteiger partial charge on any atom is -0.481 e. The Morgan fingerprint density at radius 2 is 2.08 bits per heavy atom. The second-order valence-corrected chi connectivity index (χ2v) is 5.40. The molecule has 0 fully saturated rings. The molecule has 0 spiro atoms. The number of carboxylic acids is 1. The number of nitrogens with zero attached hydrogens (tertiary/aromatic N) is 1. The Morgan fingerprint density at radius 3 is 2.62 bits per heavy atom. The Hall–Kier alpha value is -3.16. The Morgan fingerprint density at radius 1 is 1.42 bits per heavy atom. The van der Waals surface area contributed by atoms with Crippen LogP contribution >= 0.6 is 0 Å². The van der Waals surface area contributed by atoms with E-state index in [0.717, 1.165) is 0 Å². The fraction of sp³-hybridized carbons (Fsp3) is 0.250. The number of aliphatic carboxylic acids is 1. The summed E-state index contributed by atoms with van der Waals surface area (Å²) in [6.07, 6.45) is 2.98. The molecule has 0 atom stereocenters. The summed E-state index contributed by atoms with van der Waals surface area (Å²) in [5, 5.41) is 22.7. The normalized spacial score (nSPS) is 15.8. The molecule has 0 aromatic carbocycles. The first kappa shape index (κ1) is 17.2. The van der Waals surface area contributed by atoms with Gasteiger partial charge in [0.15, 0.2) is 0 Å². The third kappa shape index (κ3) is 3.12. The van der Waals surface area contributed by atoms with E-state index in [9.17, 15) is 19.7 Å². The van der Waals surface area contributed by atoms with E-state index in [4.69, 9.17) is 5.11 Å². The molecule has 2 heterocycles. The van der Waals surface area contributed by atoms with Crippen molar-refractivity contribution in [2.75, 3.05) is 0 Å². The van der Waals surface area contributed by atoms with Crippen LogP contribution in [0.3, 0.4) is 0 Å². The van der Waals surface area contributed by atoms with E-state index in [0.29, 0.717) is 33.7 Å². The first-order valence-electron chi connectivity index (χ1n) is 7.20. The van der Waals surface area contributed by atoms with Crippen molar-refractivity contribution in [3.8, 4) is 0 Å². The molecule has 8 heteroatoms. The number of H-pyrrole nitrogens is 1. The highest BCUT2D eigenvalue weighted by Gasteiger charge is 2.26. The lowest BCUT2D eigenvalue weighted by Gasteiger charge is -2.00. The van der Waals surface area contributed by atoms with Crippen molar-refractivity contribution >= 4 is 23.8 Å². The van der Waals surface area contributed by atoms with Gasteiger partial charge in [-0.3, -0.25) is 9.59 Å². The minimum absolute atomic E-state index is 0.0483. The molecule has 2 rings (SSSR count). The van der Waals surface area contributed by atoms with Crippen LogP contribution in [0.15, 0.2) is 29.5 Å². The third-order valence-electron chi connectivity index (χ3n) is 3.94. The number of aromatic nitrogens is 1. The maximum Gasteiger partial charge on any atom is 0.324 e. The van der Waals surface area contributed by atoms with Crippen LogP contribution in [0.4, 0.5) is 5.82 Å². The van der Waals surface area contributed by atoms with Gasteiger partial charge in [-0.05, 0) is 25.2 Å². The second kappa shape index (κ2) is 6.53. The van der Waals surface area contributed by atoms with Gasteiger partial charge in [0.2, 0.25) is 0 Å². The quantitative estimate of drug-likeness (QED) is 0.544. The molecule has 1 aromatic heterocycles. The summed E-state index contributed by atoms with van der Waals surface area (Å²) in [6.45, 7) is 7.00. The zero-order valence-corrected chi connectivity index (χ0v) is 13.3. The molecule has 8 nitrogen and oxygen atoms in total. The number of amides is 1. The van der Waals surface area contributed by atoms with Crippen LogP contribution in [0.1, 0.15) is 30.2 Å². The van der Waals surface area contributed by atoms with Crippen LogP contribution in [0.25, 0.3) is 6.08 Å². The third-order valence-corrected chi connectivity index (χ3v) is 3.94. The lowest BCUT2D eigenvalue weighted by atomic mass is 10.0. The monoisotopic (exact) mass is 331 g/mol.